The molecule has 0 spiro atoms. The molecule has 0 radical (unpaired) electrons. The van der Waals surface area contributed by atoms with Crippen molar-refractivity contribution in [3.05, 3.63) is 41.2 Å². The van der Waals surface area contributed by atoms with Crippen LogP contribution in [0.3, 0.4) is 0 Å². The molecule has 9 heteroatoms. The lowest BCUT2D eigenvalue weighted by molar-refractivity contribution is 0.0523. The van der Waals surface area contributed by atoms with Crippen molar-refractivity contribution in [3.63, 3.8) is 0 Å². The molecule has 1 saturated carbocycles. The number of phosphoric acid groups is 1. The second-order valence-electron chi connectivity index (χ2n) is 8.43. The minimum Gasteiger partial charge on any atom is -0.284 e. The summed E-state index contributed by atoms with van der Waals surface area (Å²) in [6.07, 6.45) is 4.11. The normalized spacial score (nSPS) is 17.0. The molecule has 0 saturated heterocycles. The van der Waals surface area contributed by atoms with Gasteiger partial charge >= 0.3 is 7.82 Å². The highest BCUT2D eigenvalue weighted by molar-refractivity contribution is 7.48. The van der Waals surface area contributed by atoms with Crippen molar-refractivity contribution in [1.82, 2.24) is 20.2 Å². The van der Waals surface area contributed by atoms with Gasteiger partial charge in [0.2, 0.25) is 0 Å². The Labute approximate surface area is 178 Å². The molecule has 1 aromatic carbocycles. The van der Waals surface area contributed by atoms with Gasteiger partial charge in [-0.1, -0.05) is 49.1 Å². The lowest BCUT2D eigenvalue weighted by Gasteiger charge is -2.28. The van der Waals surface area contributed by atoms with E-state index in [-0.39, 0.29) is 18.2 Å². The summed E-state index contributed by atoms with van der Waals surface area (Å²) in [5, 5.41) is 12.5. The van der Waals surface area contributed by atoms with Crippen LogP contribution in [0.4, 0.5) is 0 Å². The van der Waals surface area contributed by atoms with Gasteiger partial charge in [-0.15, -0.1) is 5.10 Å². The molecule has 166 valence electrons. The van der Waals surface area contributed by atoms with Gasteiger partial charge in [0.05, 0.1) is 18.2 Å². The minimum atomic E-state index is -3.88. The number of nitrogens with zero attached hydrogens (tertiary/aromatic N) is 4. The van der Waals surface area contributed by atoms with Crippen LogP contribution in [0, 0.1) is 6.92 Å². The molecule has 1 aromatic heterocycles. The summed E-state index contributed by atoms with van der Waals surface area (Å²) in [6, 6.07) is 8.05. The number of benzene rings is 1. The molecule has 1 unspecified atom stereocenters. The second-order valence-corrected chi connectivity index (χ2v) is 9.96. The molecule has 0 N–H and O–H groups in total. The summed E-state index contributed by atoms with van der Waals surface area (Å²) < 4.78 is 32.8. The molecule has 2 aromatic rings. The Morgan fingerprint density at radius 1 is 1.03 bits per heavy atom. The number of tetrazole rings is 1. The fraction of sp³-hybridized carbons (Fsp3) is 0.667. The van der Waals surface area contributed by atoms with E-state index in [0.717, 1.165) is 36.8 Å². The smallest absolute Gasteiger partial charge is 0.284 e. The summed E-state index contributed by atoms with van der Waals surface area (Å²) in [5.41, 5.74) is 1.86. The zero-order valence-corrected chi connectivity index (χ0v) is 19.4. The van der Waals surface area contributed by atoms with Gasteiger partial charge in [0.25, 0.3) is 0 Å². The third-order valence-electron chi connectivity index (χ3n) is 4.93. The molecular formula is C21H33N4O4P. The number of hydrogen-bond donors (Lipinski definition) is 0. The first-order valence-electron chi connectivity index (χ1n) is 10.8. The number of aromatic nitrogens is 4. The topological polar surface area (TPSA) is 88.4 Å². The van der Waals surface area contributed by atoms with Gasteiger partial charge in [0.15, 0.2) is 11.9 Å². The first-order valence-corrected chi connectivity index (χ1v) is 12.2. The van der Waals surface area contributed by atoms with Crippen LogP contribution in [-0.4, -0.2) is 32.4 Å². The highest BCUT2D eigenvalue weighted by Gasteiger charge is 2.38. The molecule has 1 fully saturated rings. The summed E-state index contributed by atoms with van der Waals surface area (Å²) in [6.45, 7) is 9.20. The van der Waals surface area contributed by atoms with Crippen LogP contribution in [0.1, 0.15) is 88.9 Å². The van der Waals surface area contributed by atoms with E-state index in [2.05, 4.69) is 15.5 Å². The van der Waals surface area contributed by atoms with Crippen molar-refractivity contribution in [2.24, 2.45) is 0 Å². The summed E-state index contributed by atoms with van der Waals surface area (Å²) in [7, 11) is -3.88. The first-order chi connectivity index (χ1) is 14.3. The largest absolute Gasteiger partial charge is 0.476 e. The van der Waals surface area contributed by atoms with Crippen LogP contribution in [-0.2, 0) is 18.1 Å². The van der Waals surface area contributed by atoms with E-state index in [1.54, 1.807) is 27.7 Å². The molecule has 0 aliphatic heterocycles. The Bertz CT molecular complexity index is 850. The maximum Gasteiger partial charge on any atom is 0.476 e. The van der Waals surface area contributed by atoms with Crippen molar-refractivity contribution in [3.8, 4) is 0 Å². The van der Waals surface area contributed by atoms with E-state index >= 15 is 0 Å². The van der Waals surface area contributed by atoms with Crippen LogP contribution < -0.4 is 0 Å². The van der Waals surface area contributed by atoms with E-state index in [0.29, 0.717) is 5.82 Å². The van der Waals surface area contributed by atoms with Gasteiger partial charge < -0.3 is 0 Å². The molecule has 1 heterocycles. The van der Waals surface area contributed by atoms with Crippen LogP contribution in [0.25, 0.3) is 0 Å². The lowest BCUT2D eigenvalue weighted by Crippen LogP contribution is -2.21. The average molecular weight is 436 g/mol. The standard InChI is InChI=1S/C21H33N4O4P/c1-15(2)27-30(26,28-16(3)4)29-20(18-11-9-10-17(5)14-18)21-22-23-24-25(21)19-12-7-6-8-13-19/h9-11,14-16,19-20H,6-8,12-13H2,1-5H3. The maximum atomic E-state index is 13.5. The highest BCUT2D eigenvalue weighted by Crippen LogP contribution is 2.56. The minimum absolute atomic E-state index is 0.205. The van der Waals surface area contributed by atoms with Gasteiger partial charge in [-0.25, -0.2) is 9.25 Å². The van der Waals surface area contributed by atoms with Gasteiger partial charge in [0.1, 0.15) is 0 Å². The fourth-order valence-corrected chi connectivity index (χ4v) is 5.43. The number of rotatable bonds is 9. The number of aryl methyl sites for hydroxylation is 1. The Kier molecular flexibility index (Phi) is 7.80. The SMILES string of the molecule is Cc1cccc(C(OP(=O)(OC(C)C)OC(C)C)c2nnnn2C2CCCCC2)c1. The molecule has 0 bridgehead atoms. The van der Waals surface area contributed by atoms with Crippen molar-refractivity contribution >= 4 is 7.82 Å². The monoisotopic (exact) mass is 436 g/mol. The predicted octanol–water partition coefficient (Wildman–Crippen LogP) is 5.55. The van der Waals surface area contributed by atoms with Gasteiger partial charge in [0, 0.05) is 0 Å². The third-order valence-corrected chi connectivity index (χ3v) is 6.76. The Balaban J connectivity index is 2.02. The molecule has 3 rings (SSSR count). The van der Waals surface area contributed by atoms with Crippen molar-refractivity contribution in [2.45, 2.75) is 91.1 Å². The maximum absolute atomic E-state index is 13.5. The van der Waals surface area contributed by atoms with Gasteiger partial charge in [-0.2, -0.15) is 0 Å². The molecule has 0 amide bonds. The van der Waals surface area contributed by atoms with Crippen LogP contribution >= 0.6 is 7.82 Å². The average Bonchev–Trinajstić information content (AvgIpc) is 3.15. The zero-order valence-electron chi connectivity index (χ0n) is 18.5. The first kappa shape index (κ1) is 23.1. The zero-order chi connectivity index (χ0) is 21.7. The Hall–Kier alpha value is -1.60. The number of phosphoric ester groups is 1. The summed E-state index contributed by atoms with van der Waals surface area (Å²) >= 11 is 0. The van der Waals surface area contributed by atoms with Crippen molar-refractivity contribution in [2.75, 3.05) is 0 Å². The predicted molar refractivity (Wildman–Crippen MR) is 114 cm³/mol. The third kappa shape index (κ3) is 5.97. The van der Waals surface area contributed by atoms with Crippen LogP contribution in [0.15, 0.2) is 24.3 Å². The van der Waals surface area contributed by atoms with E-state index in [4.69, 9.17) is 13.6 Å². The number of hydrogen-bond acceptors (Lipinski definition) is 7. The molecule has 1 atom stereocenters. The Morgan fingerprint density at radius 3 is 2.30 bits per heavy atom. The molecule has 1 aliphatic carbocycles. The summed E-state index contributed by atoms with van der Waals surface area (Å²) in [5.74, 6) is 0.521. The van der Waals surface area contributed by atoms with Crippen molar-refractivity contribution in [1.29, 1.82) is 0 Å². The fourth-order valence-electron chi connectivity index (χ4n) is 3.77. The molecule has 8 nitrogen and oxygen atoms in total. The molecule has 30 heavy (non-hydrogen) atoms. The van der Waals surface area contributed by atoms with E-state index < -0.39 is 13.9 Å². The second kappa shape index (κ2) is 10.1. The van der Waals surface area contributed by atoms with Crippen LogP contribution in [0.5, 0.6) is 0 Å². The van der Waals surface area contributed by atoms with E-state index in [9.17, 15) is 4.57 Å². The highest BCUT2D eigenvalue weighted by atomic mass is 31.2. The van der Waals surface area contributed by atoms with E-state index in [1.807, 2.05) is 35.9 Å². The van der Waals surface area contributed by atoms with Crippen LogP contribution in [0.2, 0.25) is 0 Å². The van der Waals surface area contributed by atoms with Crippen molar-refractivity contribution < 1.29 is 18.1 Å². The summed E-state index contributed by atoms with van der Waals surface area (Å²) in [4.78, 5) is 0. The quantitative estimate of drug-likeness (QED) is 0.476. The molecule has 1 aliphatic rings. The lowest BCUT2D eigenvalue weighted by atomic mass is 9.95. The van der Waals surface area contributed by atoms with Gasteiger partial charge in [-0.3, -0.25) is 13.6 Å². The molecular weight excluding hydrogens is 403 g/mol. The van der Waals surface area contributed by atoms with Gasteiger partial charge in [-0.05, 0) is 63.5 Å². The van der Waals surface area contributed by atoms with E-state index in [1.165, 1.54) is 6.42 Å². The Morgan fingerprint density at radius 2 is 1.70 bits per heavy atom.